The summed E-state index contributed by atoms with van der Waals surface area (Å²) in [5, 5.41) is 12.0. The molecule has 2 atom stereocenters. The highest BCUT2D eigenvalue weighted by molar-refractivity contribution is 4.79. The van der Waals surface area contributed by atoms with Gasteiger partial charge in [-0.05, 0) is 31.7 Å². The van der Waals surface area contributed by atoms with Gasteiger partial charge in [-0.15, -0.1) is 0 Å². The van der Waals surface area contributed by atoms with Crippen LogP contribution in [0.5, 0.6) is 0 Å². The second-order valence-electron chi connectivity index (χ2n) is 3.55. The molecule has 11 heavy (non-hydrogen) atoms. The summed E-state index contributed by atoms with van der Waals surface area (Å²) in [5.74, 6) is 0.841. The molecule has 0 spiro atoms. The van der Waals surface area contributed by atoms with Crippen molar-refractivity contribution in [3.8, 4) is 0 Å². The molecule has 0 aliphatic heterocycles. The van der Waals surface area contributed by atoms with Gasteiger partial charge in [0.05, 0.1) is 0 Å². The van der Waals surface area contributed by atoms with E-state index < -0.39 is 0 Å². The van der Waals surface area contributed by atoms with Gasteiger partial charge in [0.2, 0.25) is 0 Å². The van der Waals surface area contributed by atoms with Gasteiger partial charge >= 0.3 is 0 Å². The molecule has 2 N–H and O–H groups in total. The molecule has 0 aromatic heterocycles. The van der Waals surface area contributed by atoms with E-state index in [1.54, 1.807) is 0 Å². The Labute approximate surface area is 69.0 Å². The lowest BCUT2D eigenvalue weighted by atomic mass is 10.1. The first-order valence-corrected chi connectivity index (χ1v) is 4.69. The Morgan fingerprint density at radius 2 is 2.27 bits per heavy atom. The monoisotopic (exact) mass is 157 g/mol. The predicted octanol–water partition coefficient (Wildman–Crippen LogP) is 1.15. The second-order valence-corrected chi connectivity index (χ2v) is 3.55. The van der Waals surface area contributed by atoms with Gasteiger partial charge < -0.3 is 10.4 Å². The van der Waals surface area contributed by atoms with Crippen molar-refractivity contribution in [2.75, 3.05) is 13.2 Å². The van der Waals surface area contributed by atoms with Crippen LogP contribution in [0.15, 0.2) is 0 Å². The van der Waals surface area contributed by atoms with E-state index >= 15 is 0 Å². The van der Waals surface area contributed by atoms with Gasteiger partial charge in [-0.25, -0.2) is 0 Å². The highest BCUT2D eigenvalue weighted by Gasteiger charge is 2.21. The standard InChI is InChI=1S/C9H19NO/c1-8-4-2-5-9(8)10-6-3-7-11/h8-11H,2-7H2,1H3/t8-,9-/m0/s1. The molecule has 66 valence electrons. The average Bonchev–Trinajstić information content (AvgIpc) is 2.37. The van der Waals surface area contributed by atoms with Crippen LogP contribution < -0.4 is 5.32 Å². The average molecular weight is 157 g/mol. The first-order chi connectivity index (χ1) is 5.34. The molecule has 1 aliphatic carbocycles. The molecule has 1 saturated carbocycles. The van der Waals surface area contributed by atoms with E-state index in [2.05, 4.69) is 12.2 Å². The molecule has 2 heteroatoms. The zero-order valence-electron chi connectivity index (χ0n) is 7.34. The molecule has 0 saturated heterocycles. The number of aliphatic hydroxyl groups excluding tert-OH is 1. The molecule has 1 rings (SSSR count). The minimum atomic E-state index is 0.314. The van der Waals surface area contributed by atoms with Crippen molar-refractivity contribution >= 4 is 0 Å². The molecular formula is C9H19NO. The number of hydrogen-bond donors (Lipinski definition) is 2. The molecule has 0 bridgehead atoms. The van der Waals surface area contributed by atoms with Crippen LogP contribution in [0.3, 0.4) is 0 Å². The van der Waals surface area contributed by atoms with Gasteiger partial charge in [0.25, 0.3) is 0 Å². The Bertz CT molecular complexity index is 106. The molecule has 1 aliphatic rings. The summed E-state index contributed by atoms with van der Waals surface area (Å²) in [7, 11) is 0. The third-order valence-electron chi connectivity index (χ3n) is 2.60. The fraction of sp³-hybridized carbons (Fsp3) is 1.00. The first-order valence-electron chi connectivity index (χ1n) is 4.69. The number of rotatable bonds is 4. The van der Waals surface area contributed by atoms with Crippen molar-refractivity contribution < 1.29 is 5.11 Å². The van der Waals surface area contributed by atoms with Gasteiger partial charge in [-0.3, -0.25) is 0 Å². The number of nitrogens with one attached hydrogen (secondary N) is 1. The molecule has 0 aromatic rings. The third-order valence-corrected chi connectivity index (χ3v) is 2.60. The van der Waals surface area contributed by atoms with E-state index in [-0.39, 0.29) is 0 Å². The maximum absolute atomic E-state index is 8.57. The smallest absolute Gasteiger partial charge is 0.0443 e. The van der Waals surface area contributed by atoms with Crippen LogP contribution in [0.2, 0.25) is 0 Å². The first kappa shape index (κ1) is 9.01. The van der Waals surface area contributed by atoms with Gasteiger partial charge in [0.1, 0.15) is 0 Å². The Morgan fingerprint density at radius 3 is 2.82 bits per heavy atom. The van der Waals surface area contributed by atoms with Crippen LogP contribution in [0.25, 0.3) is 0 Å². The van der Waals surface area contributed by atoms with Crippen molar-refractivity contribution in [1.29, 1.82) is 0 Å². The van der Waals surface area contributed by atoms with Crippen molar-refractivity contribution in [3.63, 3.8) is 0 Å². The lowest BCUT2D eigenvalue weighted by Crippen LogP contribution is -2.32. The van der Waals surface area contributed by atoms with Gasteiger partial charge in [-0.1, -0.05) is 13.3 Å². The summed E-state index contributed by atoms with van der Waals surface area (Å²) >= 11 is 0. The van der Waals surface area contributed by atoms with E-state index in [1.807, 2.05) is 0 Å². The van der Waals surface area contributed by atoms with E-state index in [9.17, 15) is 0 Å². The predicted molar refractivity (Wildman–Crippen MR) is 46.5 cm³/mol. The molecule has 0 unspecified atom stereocenters. The van der Waals surface area contributed by atoms with Crippen molar-refractivity contribution in [2.24, 2.45) is 5.92 Å². The van der Waals surface area contributed by atoms with Gasteiger partial charge in [0, 0.05) is 12.6 Å². The molecule has 0 aromatic carbocycles. The van der Waals surface area contributed by atoms with E-state index in [0.29, 0.717) is 6.61 Å². The Hall–Kier alpha value is -0.0800. The van der Waals surface area contributed by atoms with Crippen LogP contribution in [0.1, 0.15) is 32.6 Å². The summed E-state index contributed by atoms with van der Waals surface area (Å²) in [5.41, 5.74) is 0. The zero-order valence-corrected chi connectivity index (χ0v) is 7.34. The van der Waals surface area contributed by atoms with Crippen LogP contribution in [0, 0.1) is 5.92 Å². The van der Waals surface area contributed by atoms with Crippen LogP contribution >= 0.6 is 0 Å². The second kappa shape index (κ2) is 4.73. The summed E-state index contributed by atoms with van der Waals surface area (Å²) < 4.78 is 0. The number of aliphatic hydroxyl groups is 1. The fourth-order valence-corrected chi connectivity index (χ4v) is 1.82. The highest BCUT2D eigenvalue weighted by atomic mass is 16.3. The van der Waals surface area contributed by atoms with E-state index in [4.69, 9.17) is 5.11 Å². The summed E-state index contributed by atoms with van der Waals surface area (Å²) in [6.45, 7) is 3.60. The molecular weight excluding hydrogens is 138 g/mol. The molecule has 2 nitrogen and oxygen atoms in total. The normalized spacial score (nSPS) is 31.1. The summed E-state index contributed by atoms with van der Waals surface area (Å²) in [4.78, 5) is 0. The van der Waals surface area contributed by atoms with Crippen molar-refractivity contribution in [1.82, 2.24) is 5.32 Å². The van der Waals surface area contributed by atoms with Gasteiger partial charge in [-0.2, -0.15) is 0 Å². The topological polar surface area (TPSA) is 32.3 Å². The Kier molecular flexibility index (Phi) is 3.87. The fourth-order valence-electron chi connectivity index (χ4n) is 1.82. The highest BCUT2D eigenvalue weighted by Crippen LogP contribution is 2.24. The molecule has 0 radical (unpaired) electrons. The largest absolute Gasteiger partial charge is 0.396 e. The van der Waals surface area contributed by atoms with Crippen molar-refractivity contribution in [3.05, 3.63) is 0 Å². The molecule has 0 heterocycles. The van der Waals surface area contributed by atoms with E-state index in [0.717, 1.165) is 24.9 Å². The van der Waals surface area contributed by atoms with Crippen molar-refractivity contribution in [2.45, 2.75) is 38.6 Å². The Morgan fingerprint density at radius 1 is 1.45 bits per heavy atom. The molecule has 0 amide bonds. The van der Waals surface area contributed by atoms with Gasteiger partial charge in [0.15, 0.2) is 0 Å². The number of hydrogen-bond acceptors (Lipinski definition) is 2. The van der Waals surface area contributed by atoms with Crippen LogP contribution in [0.4, 0.5) is 0 Å². The third kappa shape index (κ3) is 2.80. The Balaban J connectivity index is 2.05. The lowest BCUT2D eigenvalue weighted by molar-refractivity contribution is 0.280. The zero-order chi connectivity index (χ0) is 8.10. The quantitative estimate of drug-likeness (QED) is 0.600. The summed E-state index contributed by atoms with van der Waals surface area (Å²) in [6, 6.07) is 0.724. The lowest BCUT2D eigenvalue weighted by Gasteiger charge is -2.16. The maximum Gasteiger partial charge on any atom is 0.0443 e. The summed E-state index contributed by atoms with van der Waals surface area (Å²) in [6.07, 6.45) is 4.96. The van der Waals surface area contributed by atoms with Crippen LogP contribution in [-0.2, 0) is 0 Å². The SMILES string of the molecule is C[C@H]1CCC[C@@H]1NCCCO. The molecule has 1 fully saturated rings. The minimum absolute atomic E-state index is 0.314. The maximum atomic E-state index is 8.57. The van der Waals surface area contributed by atoms with Crippen LogP contribution in [-0.4, -0.2) is 24.3 Å². The minimum Gasteiger partial charge on any atom is -0.396 e. The van der Waals surface area contributed by atoms with E-state index in [1.165, 1.54) is 19.3 Å².